The lowest BCUT2D eigenvalue weighted by Gasteiger charge is -2.22. The molecular formula is C16H14Cl2N2O3. The minimum absolute atomic E-state index is 0.0870. The van der Waals surface area contributed by atoms with Crippen molar-refractivity contribution < 1.29 is 14.0 Å². The number of furan rings is 1. The van der Waals surface area contributed by atoms with Crippen LogP contribution in [0.5, 0.6) is 0 Å². The number of hydrogen-bond acceptors (Lipinski definition) is 3. The highest BCUT2D eigenvalue weighted by atomic mass is 35.5. The van der Waals surface area contributed by atoms with Crippen molar-refractivity contribution in [3.8, 4) is 0 Å². The minimum Gasteiger partial charge on any atom is -0.470 e. The summed E-state index contributed by atoms with van der Waals surface area (Å²) in [6.45, 7) is 0.277. The topological polar surface area (TPSA) is 62.6 Å². The number of nitrogens with one attached hydrogen (secondary N) is 1. The number of anilines is 1. The van der Waals surface area contributed by atoms with E-state index in [9.17, 15) is 9.59 Å². The molecule has 2 heterocycles. The van der Waals surface area contributed by atoms with E-state index in [0.29, 0.717) is 28.6 Å². The Bertz CT molecular complexity index is 731. The number of benzene rings is 1. The summed E-state index contributed by atoms with van der Waals surface area (Å²) in [7, 11) is 0. The van der Waals surface area contributed by atoms with Gasteiger partial charge in [-0.15, -0.1) is 0 Å². The molecule has 1 aliphatic heterocycles. The molecule has 1 fully saturated rings. The van der Waals surface area contributed by atoms with Crippen LogP contribution in [0.1, 0.15) is 18.4 Å². The van der Waals surface area contributed by atoms with Gasteiger partial charge < -0.3 is 9.73 Å². The lowest BCUT2D eigenvalue weighted by Crippen LogP contribution is -2.44. The lowest BCUT2D eigenvalue weighted by atomic mass is 10.2. The van der Waals surface area contributed by atoms with Crippen molar-refractivity contribution in [2.75, 3.05) is 4.90 Å². The third-order valence-corrected chi connectivity index (χ3v) is 4.35. The van der Waals surface area contributed by atoms with E-state index >= 15 is 0 Å². The zero-order chi connectivity index (χ0) is 16.4. The van der Waals surface area contributed by atoms with Crippen LogP contribution in [0.25, 0.3) is 0 Å². The van der Waals surface area contributed by atoms with E-state index in [-0.39, 0.29) is 18.4 Å². The van der Waals surface area contributed by atoms with Gasteiger partial charge in [-0.25, -0.2) is 0 Å². The SMILES string of the molecule is O=C(NCc1ccc(Cl)cc1Cl)[C@@H]1CCC(=O)N1c1ccoc1. The summed E-state index contributed by atoms with van der Waals surface area (Å²) in [6, 6.07) is 6.23. The van der Waals surface area contributed by atoms with Gasteiger partial charge in [0, 0.05) is 29.1 Å². The number of nitrogens with zero attached hydrogens (tertiary/aromatic N) is 1. The molecule has 120 valence electrons. The van der Waals surface area contributed by atoms with Gasteiger partial charge >= 0.3 is 0 Å². The molecule has 0 unspecified atom stereocenters. The van der Waals surface area contributed by atoms with Gasteiger partial charge in [-0.3, -0.25) is 14.5 Å². The van der Waals surface area contributed by atoms with Crippen molar-refractivity contribution in [1.29, 1.82) is 0 Å². The summed E-state index contributed by atoms with van der Waals surface area (Å²) in [5.41, 5.74) is 1.36. The first-order valence-electron chi connectivity index (χ1n) is 7.12. The van der Waals surface area contributed by atoms with E-state index < -0.39 is 6.04 Å². The van der Waals surface area contributed by atoms with Crippen molar-refractivity contribution in [1.82, 2.24) is 5.32 Å². The molecule has 5 nitrogen and oxygen atoms in total. The standard InChI is InChI=1S/C16H14Cl2N2O3/c17-11-2-1-10(13(18)7-11)8-19-16(22)14-3-4-15(21)20(14)12-5-6-23-9-12/h1-2,5-7,9,14H,3-4,8H2,(H,19,22)/t14-/m0/s1. The molecule has 2 amide bonds. The summed E-state index contributed by atoms with van der Waals surface area (Å²) < 4.78 is 5.00. The zero-order valence-corrected chi connectivity index (χ0v) is 13.6. The van der Waals surface area contributed by atoms with E-state index in [0.717, 1.165) is 5.56 Å². The van der Waals surface area contributed by atoms with Gasteiger partial charge in [0.05, 0.1) is 12.0 Å². The van der Waals surface area contributed by atoms with Gasteiger partial charge in [0.15, 0.2) is 0 Å². The summed E-state index contributed by atoms with van der Waals surface area (Å²) in [5.74, 6) is -0.306. The summed E-state index contributed by atoms with van der Waals surface area (Å²) in [4.78, 5) is 25.9. The number of rotatable bonds is 4. The van der Waals surface area contributed by atoms with Crippen molar-refractivity contribution in [3.63, 3.8) is 0 Å². The van der Waals surface area contributed by atoms with Gasteiger partial charge in [-0.1, -0.05) is 29.3 Å². The van der Waals surface area contributed by atoms with Gasteiger partial charge in [0.1, 0.15) is 12.3 Å². The minimum atomic E-state index is -0.536. The monoisotopic (exact) mass is 352 g/mol. The molecule has 0 bridgehead atoms. The molecule has 1 aromatic carbocycles. The van der Waals surface area contributed by atoms with E-state index in [1.54, 1.807) is 24.3 Å². The van der Waals surface area contributed by atoms with E-state index in [1.807, 2.05) is 0 Å². The maximum atomic E-state index is 12.4. The zero-order valence-electron chi connectivity index (χ0n) is 12.1. The Balaban J connectivity index is 1.69. The predicted molar refractivity (Wildman–Crippen MR) is 87.5 cm³/mol. The number of hydrogen-bond donors (Lipinski definition) is 1. The average molecular weight is 353 g/mol. The Morgan fingerprint density at radius 1 is 1.35 bits per heavy atom. The van der Waals surface area contributed by atoms with Crippen LogP contribution in [0.4, 0.5) is 5.69 Å². The highest BCUT2D eigenvalue weighted by Crippen LogP contribution is 2.27. The molecule has 23 heavy (non-hydrogen) atoms. The summed E-state index contributed by atoms with van der Waals surface area (Å²) in [5, 5.41) is 3.85. The fraction of sp³-hybridized carbons (Fsp3) is 0.250. The van der Waals surface area contributed by atoms with E-state index in [2.05, 4.69) is 5.32 Å². The molecule has 1 atom stereocenters. The molecular weight excluding hydrogens is 339 g/mol. The number of carbonyl (C=O) groups excluding carboxylic acids is 2. The van der Waals surface area contributed by atoms with Crippen molar-refractivity contribution in [3.05, 3.63) is 52.4 Å². The first-order valence-corrected chi connectivity index (χ1v) is 7.88. The van der Waals surface area contributed by atoms with Crippen LogP contribution in [0.3, 0.4) is 0 Å². The summed E-state index contributed by atoms with van der Waals surface area (Å²) in [6.07, 6.45) is 3.75. The highest BCUT2D eigenvalue weighted by Gasteiger charge is 2.37. The van der Waals surface area contributed by atoms with Gasteiger partial charge in [0.2, 0.25) is 11.8 Å². The molecule has 0 aliphatic carbocycles. The van der Waals surface area contributed by atoms with Crippen LogP contribution in [0.2, 0.25) is 10.0 Å². The van der Waals surface area contributed by atoms with Crippen LogP contribution in [0, 0.1) is 0 Å². The summed E-state index contributed by atoms with van der Waals surface area (Å²) >= 11 is 11.9. The molecule has 1 aromatic heterocycles. The number of amides is 2. The predicted octanol–water partition coefficient (Wildman–Crippen LogP) is 3.40. The highest BCUT2D eigenvalue weighted by molar-refractivity contribution is 6.35. The molecule has 1 N–H and O–H groups in total. The van der Waals surface area contributed by atoms with Gasteiger partial charge in [-0.05, 0) is 24.1 Å². The fourth-order valence-corrected chi connectivity index (χ4v) is 3.09. The van der Waals surface area contributed by atoms with Crippen LogP contribution in [-0.4, -0.2) is 17.9 Å². The normalized spacial score (nSPS) is 17.6. The fourth-order valence-electron chi connectivity index (χ4n) is 2.62. The third kappa shape index (κ3) is 3.35. The van der Waals surface area contributed by atoms with E-state index in [4.69, 9.17) is 27.6 Å². The molecule has 0 saturated carbocycles. The Hall–Kier alpha value is -1.98. The van der Waals surface area contributed by atoms with Crippen molar-refractivity contribution in [2.45, 2.75) is 25.4 Å². The third-order valence-electron chi connectivity index (χ3n) is 3.77. The molecule has 1 saturated heterocycles. The quantitative estimate of drug-likeness (QED) is 0.916. The van der Waals surface area contributed by atoms with Crippen molar-refractivity contribution >= 4 is 40.7 Å². The molecule has 0 spiro atoms. The molecule has 7 heteroatoms. The first-order chi connectivity index (χ1) is 11.1. The number of carbonyl (C=O) groups is 2. The smallest absolute Gasteiger partial charge is 0.243 e. The maximum Gasteiger partial charge on any atom is 0.243 e. The van der Waals surface area contributed by atoms with Crippen molar-refractivity contribution in [2.24, 2.45) is 0 Å². The lowest BCUT2D eigenvalue weighted by molar-refractivity contribution is -0.124. The maximum absolute atomic E-state index is 12.4. The molecule has 2 aromatic rings. The Morgan fingerprint density at radius 3 is 2.87 bits per heavy atom. The molecule has 1 aliphatic rings. The second kappa shape index (κ2) is 6.64. The van der Waals surface area contributed by atoms with Crippen LogP contribution >= 0.6 is 23.2 Å². The molecule has 3 rings (SSSR count). The largest absolute Gasteiger partial charge is 0.470 e. The number of halogens is 2. The van der Waals surface area contributed by atoms with Crippen LogP contribution in [-0.2, 0) is 16.1 Å². The van der Waals surface area contributed by atoms with Crippen LogP contribution in [0.15, 0.2) is 41.2 Å². The second-order valence-corrected chi connectivity index (χ2v) is 6.10. The Labute approximate surface area is 143 Å². The Morgan fingerprint density at radius 2 is 2.17 bits per heavy atom. The average Bonchev–Trinajstić information content (AvgIpc) is 3.15. The van der Waals surface area contributed by atoms with Crippen LogP contribution < -0.4 is 10.2 Å². The molecule has 0 radical (unpaired) electrons. The van der Waals surface area contributed by atoms with E-state index in [1.165, 1.54) is 17.4 Å². The Kier molecular flexibility index (Phi) is 4.59. The van der Waals surface area contributed by atoms with Gasteiger partial charge in [0.25, 0.3) is 0 Å². The first kappa shape index (κ1) is 15.9. The van der Waals surface area contributed by atoms with Gasteiger partial charge in [-0.2, -0.15) is 0 Å². The second-order valence-electron chi connectivity index (χ2n) is 5.25.